The van der Waals surface area contributed by atoms with Crippen LogP contribution in [-0.2, 0) is 0 Å². The van der Waals surface area contributed by atoms with Crippen molar-refractivity contribution >= 4 is 16.6 Å². The van der Waals surface area contributed by atoms with Gasteiger partial charge in [0.05, 0.1) is 0 Å². The highest BCUT2D eigenvalue weighted by Crippen LogP contribution is 2.29. The third-order valence-electron chi connectivity index (χ3n) is 2.32. The van der Waals surface area contributed by atoms with Crippen LogP contribution in [0.15, 0.2) is 30.5 Å². The first-order chi connectivity index (χ1) is 8.49. The van der Waals surface area contributed by atoms with Gasteiger partial charge >= 0.3 is 6.36 Å². The average molecular weight is 256 g/mol. The average Bonchev–Trinajstić information content (AvgIpc) is 2.28. The van der Waals surface area contributed by atoms with E-state index in [0.717, 1.165) is 5.39 Å². The Balaban J connectivity index is 2.45. The summed E-state index contributed by atoms with van der Waals surface area (Å²) in [6.07, 6.45) is -3.08. The highest BCUT2D eigenvalue weighted by Gasteiger charge is 2.31. The maximum absolute atomic E-state index is 12.1. The number of pyridine rings is 1. The van der Waals surface area contributed by atoms with E-state index in [2.05, 4.69) is 15.0 Å². The van der Waals surface area contributed by atoms with Crippen LogP contribution in [0.4, 0.5) is 19.0 Å². The van der Waals surface area contributed by atoms with Crippen LogP contribution < -0.4 is 10.1 Å². The Kier molecular flexibility index (Phi) is 3.27. The van der Waals surface area contributed by atoms with E-state index in [0.29, 0.717) is 17.7 Å². The van der Waals surface area contributed by atoms with E-state index >= 15 is 0 Å². The van der Waals surface area contributed by atoms with Crippen LogP contribution in [0.1, 0.15) is 6.92 Å². The second-order valence-electron chi connectivity index (χ2n) is 3.62. The van der Waals surface area contributed by atoms with Crippen molar-refractivity contribution in [2.75, 3.05) is 11.9 Å². The molecule has 1 heterocycles. The summed E-state index contributed by atoms with van der Waals surface area (Å²) in [6.45, 7) is 2.52. The molecule has 0 spiro atoms. The molecule has 1 N–H and O–H groups in total. The molecular formula is C12H11F3N2O. The number of benzene rings is 1. The van der Waals surface area contributed by atoms with E-state index in [1.165, 1.54) is 12.1 Å². The van der Waals surface area contributed by atoms with Gasteiger partial charge < -0.3 is 10.1 Å². The number of hydrogen-bond acceptors (Lipinski definition) is 3. The number of nitrogens with one attached hydrogen (secondary N) is 1. The van der Waals surface area contributed by atoms with Crippen molar-refractivity contribution in [3.63, 3.8) is 0 Å². The number of hydrogen-bond donors (Lipinski definition) is 1. The molecule has 0 unspecified atom stereocenters. The third kappa shape index (κ3) is 2.82. The maximum atomic E-state index is 12.1. The minimum absolute atomic E-state index is 0.248. The Morgan fingerprint density at radius 2 is 2.06 bits per heavy atom. The standard InChI is InChI=1S/C12H11F3N2O/c1-2-16-11-10-7-9(18-12(13,14)15)4-3-8(10)5-6-17-11/h3-7H,2H2,1H3,(H,16,17). The number of ether oxygens (including phenoxy) is 1. The highest BCUT2D eigenvalue weighted by atomic mass is 19.4. The lowest BCUT2D eigenvalue weighted by Gasteiger charge is -2.11. The second-order valence-corrected chi connectivity index (χ2v) is 3.62. The fourth-order valence-electron chi connectivity index (χ4n) is 1.65. The van der Waals surface area contributed by atoms with Gasteiger partial charge in [-0.3, -0.25) is 0 Å². The predicted octanol–water partition coefficient (Wildman–Crippen LogP) is 3.57. The Bertz CT molecular complexity index is 555. The molecule has 0 atom stereocenters. The number of rotatable bonds is 3. The zero-order valence-corrected chi connectivity index (χ0v) is 9.58. The zero-order valence-electron chi connectivity index (χ0n) is 9.58. The highest BCUT2D eigenvalue weighted by molar-refractivity contribution is 5.92. The van der Waals surface area contributed by atoms with Crippen molar-refractivity contribution in [3.8, 4) is 5.75 Å². The van der Waals surface area contributed by atoms with Crippen molar-refractivity contribution in [1.82, 2.24) is 4.98 Å². The minimum Gasteiger partial charge on any atom is -0.406 e. The summed E-state index contributed by atoms with van der Waals surface area (Å²) in [7, 11) is 0. The molecule has 0 aliphatic rings. The molecule has 6 heteroatoms. The van der Waals surface area contributed by atoms with Crippen LogP contribution in [0, 0.1) is 0 Å². The predicted molar refractivity (Wildman–Crippen MR) is 62.6 cm³/mol. The maximum Gasteiger partial charge on any atom is 0.573 e. The van der Waals surface area contributed by atoms with Crippen LogP contribution >= 0.6 is 0 Å². The monoisotopic (exact) mass is 256 g/mol. The van der Waals surface area contributed by atoms with Gasteiger partial charge in [0.1, 0.15) is 11.6 Å². The normalized spacial score (nSPS) is 11.6. The number of aromatic nitrogens is 1. The SMILES string of the molecule is CCNc1nccc2ccc(OC(F)(F)F)cc12. The van der Waals surface area contributed by atoms with Crippen LogP contribution in [0.5, 0.6) is 5.75 Å². The topological polar surface area (TPSA) is 34.2 Å². The van der Waals surface area contributed by atoms with E-state index in [-0.39, 0.29) is 5.75 Å². The van der Waals surface area contributed by atoms with Crippen molar-refractivity contribution in [3.05, 3.63) is 30.5 Å². The molecule has 0 fully saturated rings. The van der Waals surface area contributed by atoms with E-state index < -0.39 is 6.36 Å². The Morgan fingerprint density at radius 1 is 1.28 bits per heavy atom. The fraction of sp³-hybridized carbons (Fsp3) is 0.250. The van der Waals surface area contributed by atoms with Crippen LogP contribution in [0.25, 0.3) is 10.8 Å². The van der Waals surface area contributed by atoms with Gasteiger partial charge in [0.25, 0.3) is 0 Å². The van der Waals surface area contributed by atoms with Gasteiger partial charge in [-0.05, 0) is 30.5 Å². The van der Waals surface area contributed by atoms with Crippen molar-refractivity contribution in [2.24, 2.45) is 0 Å². The molecule has 18 heavy (non-hydrogen) atoms. The molecule has 3 nitrogen and oxygen atoms in total. The molecule has 1 aromatic carbocycles. The molecule has 0 aliphatic carbocycles. The van der Waals surface area contributed by atoms with E-state index in [1.807, 2.05) is 6.92 Å². The van der Waals surface area contributed by atoms with Gasteiger partial charge in [-0.25, -0.2) is 4.98 Å². The smallest absolute Gasteiger partial charge is 0.406 e. The summed E-state index contributed by atoms with van der Waals surface area (Å²) < 4.78 is 40.3. The summed E-state index contributed by atoms with van der Waals surface area (Å²) >= 11 is 0. The summed E-state index contributed by atoms with van der Waals surface area (Å²) in [4.78, 5) is 4.09. The molecule has 0 bridgehead atoms. The summed E-state index contributed by atoms with van der Waals surface area (Å²) in [6, 6.07) is 5.91. The number of nitrogens with zero attached hydrogens (tertiary/aromatic N) is 1. The largest absolute Gasteiger partial charge is 0.573 e. The summed E-state index contributed by atoms with van der Waals surface area (Å²) in [5.74, 6) is 0.296. The molecule has 2 aromatic rings. The zero-order chi connectivity index (χ0) is 13.2. The Hall–Kier alpha value is -1.98. The summed E-state index contributed by atoms with van der Waals surface area (Å²) in [5.41, 5.74) is 0. The van der Waals surface area contributed by atoms with Gasteiger partial charge in [-0.2, -0.15) is 0 Å². The van der Waals surface area contributed by atoms with Gasteiger partial charge in [0.15, 0.2) is 0 Å². The molecule has 0 radical (unpaired) electrons. The third-order valence-corrected chi connectivity index (χ3v) is 2.32. The number of anilines is 1. The van der Waals surface area contributed by atoms with E-state index in [1.54, 1.807) is 18.3 Å². The first-order valence-electron chi connectivity index (χ1n) is 5.38. The lowest BCUT2D eigenvalue weighted by Crippen LogP contribution is -2.17. The summed E-state index contributed by atoms with van der Waals surface area (Å²) in [5, 5.41) is 4.39. The van der Waals surface area contributed by atoms with Crippen molar-refractivity contribution < 1.29 is 17.9 Å². The number of alkyl halides is 3. The van der Waals surface area contributed by atoms with Gasteiger partial charge in [0.2, 0.25) is 0 Å². The first-order valence-corrected chi connectivity index (χ1v) is 5.38. The van der Waals surface area contributed by atoms with Crippen LogP contribution in [0.3, 0.4) is 0 Å². The fourth-order valence-corrected chi connectivity index (χ4v) is 1.65. The van der Waals surface area contributed by atoms with Crippen molar-refractivity contribution in [1.29, 1.82) is 0 Å². The Labute approximate surface area is 102 Å². The molecule has 0 aliphatic heterocycles. The van der Waals surface area contributed by atoms with Gasteiger partial charge in [-0.15, -0.1) is 13.2 Å². The molecule has 0 saturated carbocycles. The Morgan fingerprint density at radius 3 is 2.72 bits per heavy atom. The quantitative estimate of drug-likeness (QED) is 0.911. The van der Waals surface area contributed by atoms with Crippen molar-refractivity contribution in [2.45, 2.75) is 13.3 Å². The van der Waals surface area contributed by atoms with Crippen LogP contribution in [-0.4, -0.2) is 17.9 Å². The molecule has 2 rings (SSSR count). The molecule has 96 valence electrons. The van der Waals surface area contributed by atoms with E-state index in [4.69, 9.17) is 0 Å². The van der Waals surface area contributed by atoms with E-state index in [9.17, 15) is 13.2 Å². The molecule has 0 amide bonds. The van der Waals surface area contributed by atoms with Gasteiger partial charge in [-0.1, -0.05) is 6.07 Å². The van der Waals surface area contributed by atoms with Crippen LogP contribution in [0.2, 0.25) is 0 Å². The number of fused-ring (bicyclic) bond motifs is 1. The lowest BCUT2D eigenvalue weighted by molar-refractivity contribution is -0.274. The molecular weight excluding hydrogens is 245 g/mol. The number of halogens is 3. The minimum atomic E-state index is -4.69. The molecule has 1 aromatic heterocycles. The first kappa shape index (κ1) is 12.5. The second kappa shape index (κ2) is 4.72. The lowest BCUT2D eigenvalue weighted by atomic mass is 10.1. The molecule has 0 saturated heterocycles. The van der Waals surface area contributed by atoms with Gasteiger partial charge in [0, 0.05) is 18.1 Å².